The number of para-hydroxylation sites is 1. The molecule has 0 fully saturated rings. The van der Waals surface area contributed by atoms with Crippen molar-refractivity contribution >= 4 is 33.2 Å². The Morgan fingerprint density at radius 1 is 1.26 bits per heavy atom. The summed E-state index contributed by atoms with van der Waals surface area (Å²) in [7, 11) is 0. The van der Waals surface area contributed by atoms with Gasteiger partial charge in [0.2, 0.25) is 0 Å². The van der Waals surface area contributed by atoms with E-state index in [4.69, 9.17) is 11.6 Å². The van der Waals surface area contributed by atoms with E-state index in [0.717, 1.165) is 21.3 Å². The molecule has 2 rings (SSSR count). The molecule has 0 bridgehead atoms. The molecule has 0 saturated heterocycles. The summed E-state index contributed by atoms with van der Waals surface area (Å²) in [4.78, 5) is 0. The lowest BCUT2D eigenvalue weighted by Crippen LogP contribution is -2.13. The van der Waals surface area contributed by atoms with E-state index in [1.807, 2.05) is 49.4 Å². The van der Waals surface area contributed by atoms with Crippen LogP contribution in [0.4, 0.5) is 5.69 Å². The van der Waals surface area contributed by atoms with Crippen LogP contribution < -0.4 is 5.32 Å². The van der Waals surface area contributed by atoms with E-state index in [1.54, 1.807) is 0 Å². The maximum atomic E-state index is 10.2. The van der Waals surface area contributed by atoms with Crippen LogP contribution in [-0.4, -0.2) is 11.7 Å². The second-order valence-electron chi connectivity index (χ2n) is 4.38. The lowest BCUT2D eigenvalue weighted by molar-refractivity contribution is 0.191. The van der Waals surface area contributed by atoms with Gasteiger partial charge in [0.05, 0.1) is 16.8 Å². The highest BCUT2D eigenvalue weighted by Gasteiger charge is 2.09. The van der Waals surface area contributed by atoms with E-state index in [1.165, 1.54) is 0 Å². The Hall–Kier alpha value is -1.03. The molecule has 0 aromatic heterocycles. The van der Waals surface area contributed by atoms with Gasteiger partial charge in [-0.3, -0.25) is 0 Å². The molecule has 0 saturated carbocycles. The minimum Gasteiger partial charge on any atom is -0.387 e. The second kappa shape index (κ2) is 6.42. The van der Waals surface area contributed by atoms with Crippen molar-refractivity contribution in [2.45, 2.75) is 13.0 Å². The fourth-order valence-electron chi connectivity index (χ4n) is 1.89. The molecule has 2 aromatic rings. The summed E-state index contributed by atoms with van der Waals surface area (Å²) in [6.07, 6.45) is -0.576. The number of aryl methyl sites for hydroxylation is 1. The van der Waals surface area contributed by atoms with Crippen LogP contribution in [0.5, 0.6) is 0 Å². The van der Waals surface area contributed by atoms with Gasteiger partial charge in [0.15, 0.2) is 0 Å². The number of halogens is 2. The van der Waals surface area contributed by atoms with Crippen LogP contribution in [0.15, 0.2) is 46.9 Å². The van der Waals surface area contributed by atoms with Gasteiger partial charge in [-0.15, -0.1) is 0 Å². The van der Waals surface area contributed by atoms with E-state index < -0.39 is 6.10 Å². The van der Waals surface area contributed by atoms with Crippen LogP contribution in [0.3, 0.4) is 0 Å². The molecule has 19 heavy (non-hydrogen) atoms. The predicted molar refractivity (Wildman–Crippen MR) is 83.8 cm³/mol. The molecule has 0 amide bonds. The van der Waals surface area contributed by atoms with Crippen LogP contribution in [0, 0.1) is 6.92 Å². The van der Waals surface area contributed by atoms with Gasteiger partial charge < -0.3 is 10.4 Å². The average Bonchev–Trinajstić information content (AvgIpc) is 2.38. The number of benzene rings is 2. The third-order valence-electron chi connectivity index (χ3n) is 2.93. The molecule has 0 radical (unpaired) electrons. The minimum absolute atomic E-state index is 0.418. The zero-order valence-corrected chi connectivity index (χ0v) is 12.9. The minimum atomic E-state index is -0.576. The first kappa shape index (κ1) is 14.4. The molecule has 2 aromatic carbocycles. The van der Waals surface area contributed by atoms with E-state index >= 15 is 0 Å². The maximum absolute atomic E-state index is 10.2. The molecule has 4 heteroatoms. The first-order valence-corrected chi connectivity index (χ1v) is 7.17. The zero-order valence-electron chi connectivity index (χ0n) is 10.5. The van der Waals surface area contributed by atoms with Gasteiger partial charge in [-0.05, 0) is 36.2 Å². The highest BCUT2D eigenvalue weighted by atomic mass is 79.9. The summed E-state index contributed by atoms with van der Waals surface area (Å²) in [5, 5.41) is 14.0. The molecular weight excluding hydrogens is 326 g/mol. The fraction of sp³-hybridized carbons (Fsp3) is 0.200. The lowest BCUT2D eigenvalue weighted by Gasteiger charge is -2.16. The van der Waals surface area contributed by atoms with Crippen LogP contribution in [0.25, 0.3) is 0 Å². The Morgan fingerprint density at radius 3 is 2.68 bits per heavy atom. The molecule has 2 N–H and O–H groups in total. The second-order valence-corrected chi connectivity index (χ2v) is 5.71. The molecule has 0 heterocycles. The van der Waals surface area contributed by atoms with Crippen molar-refractivity contribution in [2.75, 3.05) is 11.9 Å². The third-order valence-corrected chi connectivity index (χ3v) is 3.74. The highest BCUT2D eigenvalue weighted by molar-refractivity contribution is 9.10. The summed E-state index contributed by atoms with van der Waals surface area (Å²) in [5.41, 5.74) is 2.80. The molecule has 2 nitrogen and oxygen atoms in total. The zero-order chi connectivity index (χ0) is 13.8. The van der Waals surface area contributed by atoms with Crippen LogP contribution in [0.1, 0.15) is 17.2 Å². The average molecular weight is 341 g/mol. The quantitative estimate of drug-likeness (QED) is 0.855. The predicted octanol–water partition coefficient (Wildman–Crippen LogP) is 4.56. The smallest absolute Gasteiger partial charge is 0.0962 e. The van der Waals surface area contributed by atoms with Gasteiger partial charge in [-0.25, -0.2) is 0 Å². The number of nitrogens with one attached hydrogen (secondary N) is 1. The Balaban J connectivity index is 2.06. The SMILES string of the molecule is Cc1cccc(Cl)c1NCC(O)c1cccc(Br)c1. The van der Waals surface area contributed by atoms with Crippen LogP contribution in [-0.2, 0) is 0 Å². The summed E-state index contributed by atoms with van der Waals surface area (Å²) in [6, 6.07) is 13.4. The lowest BCUT2D eigenvalue weighted by atomic mass is 10.1. The largest absolute Gasteiger partial charge is 0.387 e. The van der Waals surface area contributed by atoms with E-state index in [2.05, 4.69) is 21.2 Å². The number of anilines is 1. The van der Waals surface area contributed by atoms with Gasteiger partial charge in [0.25, 0.3) is 0 Å². The van der Waals surface area contributed by atoms with Crippen LogP contribution >= 0.6 is 27.5 Å². The van der Waals surface area contributed by atoms with Crippen molar-refractivity contribution in [1.29, 1.82) is 0 Å². The van der Waals surface area contributed by atoms with Crippen molar-refractivity contribution < 1.29 is 5.11 Å². The number of hydrogen-bond donors (Lipinski definition) is 2. The maximum Gasteiger partial charge on any atom is 0.0962 e. The Kier molecular flexibility index (Phi) is 4.86. The van der Waals surface area contributed by atoms with E-state index in [-0.39, 0.29) is 0 Å². The number of aliphatic hydroxyl groups excluding tert-OH is 1. The Labute approximate surface area is 126 Å². The number of aliphatic hydroxyl groups is 1. The molecule has 0 spiro atoms. The molecular formula is C15H15BrClNO. The summed E-state index contributed by atoms with van der Waals surface area (Å²) in [6.45, 7) is 2.40. The van der Waals surface area contributed by atoms with E-state index in [9.17, 15) is 5.11 Å². The Morgan fingerprint density at radius 2 is 2.00 bits per heavy atom. The molecule has 1 unspecified atom stereocenters. The van der Waals surface area contributed by atoms with Crippen molar-refractivity contribution in [3.8, 4) is 0 Å². The molecule has 0 aliphatic heterocycles. The third kappa shape index (κ3) is 3.72. The number of rotatable bonds is 4. The van der Waals surface area contributed by atoms with Gasteiger partial charge >= 0.3 is 0 Å². The monoisotopic (exact) mass is 339 g/mol. The topological polar surface area (TPSA) is 32.3 Å². The molecule has 0 aliphatic carbocycles. The van der Waals surface area contributed by atoms with Gasteiger partial charge in [-0.1, -0.05) is 51.8 Å². The summed E-state index contributed by atoms with van der Waals surface area (Å²) in [5.74, 6) is 0. The highest BCUT2D eigenvalue weighted by Crippen LogP contribution is 2.26. The van der Waals surface area contributed by atoms with Crippen LogP contribution in [0.2, 0.25) is 5.02 Å². The fourth-order valence-corrected chi connectivity index (χ4v) is 2.59. The van der Waals surface area contributed by atoms with Gasteiger partial charge in [0.1, 0.15) is 0 Å². The van der Waals surface area contributed by atoms with Crippen molar-refractivity contribution in [3.63, 3.8) is 0 Å². The standard InChI is InChI=1S/C15H15BrClNO/c1-10-4-2-7-13(17)15(10)18-9-14(19)11-5-3-6-12(16)8-11/h2-8,14,18-19H,9H2,1H3. The van der Waals surface area contributed by atoms with Gasteiger partial charge in [-0.2, -0.15) is 0 Å². The first-order chi connectivity index (χ1) is 9.08. The van der Waals surface area contributed by atoms with E-state index in [0.29, 0.717) is 11.6 Å². The van der Waals surface area contributed by atoms with Gasteiger partial charge in [0, 0.05) is 11.0 Å². The van der Waals surface area contributed by atoms with Crippen molar-refractivity contribution in [3.05, 3.63) is 63.1 Å². The van der Waals surface area contributed by atoms with Crippen molar-refractivity contribution in [2.24, 2.45) is 0 Å². The first-order valence-electron chi connectivity index (χ1n) is 6.00. The number of hydrogen-bond acceptors (Lipinski definition) is 2. The molecule has 0 aliphatic rings. The molecule has 100 valence electrons. The summed E-state index contributed by atoms with van der Waals surface area (Å²) < 4.78 is 0.956. The summed E-state index contributed by atoms with van der Waals surface area (Å²) >= 11 is 9.53. The Bertz CT molecular complexity index is 554. The van der Waals surface area contributed by atoms with Crippen molar-refractivity contribution in [1.82, 2.24) is 0 Å². The molecule has 1 atom stereocenters. The normalized spacial score (nSPS) is 12.2.